The Morgan fingerprint density at radius 1 is 0.643 bits per heavy atom. The van der Waals surface area contributed by atoms with E-state index in [2.05, 4.69) is 58.4 Å². The fourth-order valence-electron chi connectivity index (χ4n) is 3.07. The molecule has 1 N–H and O–H groups in total. The van der Waals surface area contributed by atoms with Crippen LogP contribution in [0.5, 0.6) is 0 Å². The molecule has 0 bridgehead atoms. The highest BCUT2D eigenvalue weighted by Crippen LogP contribution is 2.24. The van der Waals surface area contributed by atoms with Crippen molar-refractivity contribution in [2.24, 2.45) is 0 Å². The molecule has 0 aliphatic rings. The molecule has 138 valence electrons. The van der Waals surface area contributed by atoms with Crippen molar-refractivity contribution in [1.29, 1.82) is 0 Å². The number of anilines is 1. The van der Waals surface area contributed by atoms with Gasteiger partial charge in [-0.05, 0) is 12.1 Å². The number of nitrogens with one attached hydrogen (secondary N) is 1. The highest BCUT2D eigenvalue weighted by Gasteiger charge is 2.09. The van der Waals surface area contributed by atoms with E-state index in [9.17, 15) is 0 Å². The van der Waals surface area contributed by atoms with Crippen LogP contribution in [0, 0.1) is 0 Å². The summed E-state index contributed by atoms with van der Waals surface area (Å²) in [7, 11) is 4.08. The molecule has 0 unspecified atom stereocenters. The second-order valence-corrected chi connectivity index (χ2v) is 6.87. The first kappa shape index (κ1) is 17.8. The maximum Gasteiger partial charge on any atom is 0.211 e. The van der Waals surface area contributed by atoms with Gasteiger partial charge >= 0.3 is 0 Å². The van der Waals surface area contributed by atoms with Crippen molar-refractivity contribution in [3.8, 4) is 22.6 Å². The Labute approximate surface area is 165 Å². The molecule has 0 aliphatic carbocycles. The number of nitrogens with zero attached hydrogens (tertiary/aromatic N) is 1. The summed E-state index contributed by atoms with van der Waals surface area (Å²) in [6.07, 6.45) is 0. The lowest BCUT2D eigenvalue weighted by Gasteiger charge is -2.10. The molecule has 0 aliphatic heterocycles. The average molecular weight is 367 g/mol. The molecule has 0 saturated heterocycles. The van der Waals surface area contributed by atoms with Gasteiger partial charge in [0.25, 0.3) is 0 Å². The fraction of sp³-hybridized carbons (Fsp3) is 0.0800. The molecule has 0 amide bonds. The van der Waals surface area contributed by atoms with E-state index < -0.39 is 0 Å². The van der Waals surface area contributed by atoms with Crippen molar-refractivity contribution in [2.45, 2.75) is 0 Å². The fourth-order valence-corrected chi connectivity index (χ4v) is 3.07. The molecule has 0 fully saturated rings. The van der Waals surface area contributed by atoms with Crippen LogP contribution in [0.1, 0.15) is 0 Å². The van der Waals surface area contributed by atoms with Gasteiger partial charge in [0.1, 0.15) is 11.5 Å². The van der Waals surface area contributed by atoms with Gasteiger partial charge in [0, 0.05) is 43.0 Å². The van der Waals surface area contributed by atoms with Crippen molar-refractivity contribution in [2.75, 3.05) is 19.0 Å². The third kappa shape index (κ3) is 4.04. The Balaban J connectivity index is 1.84. The maximum absolute atomic E-state index is 6.23. The van der Waals surface area contributed by atoms with Crippen molar-refractivity contribution in [1.82, 2.24) is 0 Å². The molecule has 4 rings (SSSR count). The zero-order valence-electron chi connectivity index (χ0n) is 16.1. The number of hydrogen-bond acceptors (Lipinski definition) is 2. The van der Waals surface area contributed by atoms with Gasteiger partial charge < -0.3 is 9.32 Å². The quantitative estimate of drug-likeness (QED) is 0.591. The molecule has 28 heavy (non-hydrogen) atoms. The largest absolute Gasteiger partial charge is 0.456 e. The summed E-state index contributed by atoms with van der Waals surface area (Å²) in [4.78, 5) is 5.60. The summed E-state index contributed by atoms with van der Waals surface area (Å²) in [5.74, 6) is 1.66. The number of rotatable bonds is 4. The summed E-state index contributed by atoms with van der Waals surface area (Å²) < 4.78 is 6.23. The molecule has 0 saturated carbocycles. The topological polar surface area (TPSA) is 30.4 Å². The van der Waals surface area contributed by atoms with Gasteiger partial charge in [-0.15, -0.1) is 0 Å². The Bertz CT molecular complexity index is 1050. The van der Waals surface area contributed by atoms with Gasteiger partial charge in [-0.2, -0.15) is 0 Å². The monoisotopic (exact) mass is 367 g/mol. The van der Waals surface area contributed by atoms with Gasteiger partial charge in [-0.25, -0.2) is 4.99 Å². The lowest BCUT2D eigenvalue weighted by atomic mass is 10.1. The van der Waals surface area contributed by atoms with Crippen molar-refractivity contribution in [3.63, 3.8) is 0 Å². The van der Waals surface area contributed by atoms with Crippen LogP contribution in [-0.4, -0.2) is 14.1 Å². The Hall–Kier alpha value is -3.59. The van der Waals surface area contributed by atoms with Crippen molar-refractivity contribution >= 4 is 11.4 Å². The highest BCUT2D eigenvalue weighted by molar-refractivity contribution is 5.62. The van der Waals surface area contributed by atoms with E-state index in [0.29, 0.717) is 0 Å². The minimum Gasteiger partial charge on any atom is -0.456 e. The predicted molar refractivity (Wildman–Crippen MR) is 114 cm³/mol. The predicted octanol–water partition coefficient (Wildman–Crippen LogP) is 3.99. The number of hydrogen-bond donors (Lipinski definition) is 1. The SMILES string of the molecule is CN(C)c1ccc([NH+]=c2cc(-c3ccccc3)oc(-c3ccccc3)c2)cc1. The van der Waals surface area contributed by atoms with Crippen LogP contribution in [0.4, 0.5) is 11.4 Å². The summed E-state index contributed by atoms with van der Waals surface area (Å²) in [5, 5.41) is 0.988. The van der Waals surface area contributed by atoms with Crippen LogP contribution in [0.15, 0.2) is 101 Å². The summed E-state index contributed by atoms with van der Waals surface area (Å²) in [5.41, 5.74) is 4.30. The second-order valence-electron chi connectivity index (χ2n) is 6.87. The third-order valence-corrected chi connectivity index (χ3v) is 4.58. The minimum absolute atomic E-state index is 0.828. The first-order valence-corrected chi connectivity index (χ1v) is 9.32. The standard InChI is InChI=1S/C25H22N2O/c1-27(2)23-15-13-21(14-16-23)26-22-17-24(19-9-5-3-6-10-19)28-25(18-22)20-11-7-4-8-12-20/h3-18H,1-2H3/p+1. The van der Waals surface area contributed by atoms with Gasteiger partial charge in [0.2, 0.25) is 11.0 Å². The second kappa shape index (κ2) is 7.97. The molecular weight excluding hydrogens is 344 g/mol. The van der Waals surface area contributed by atoms with Crippen molar-refractivity contribution in [3.05, 3.63) is 102 Å². The van der Waals surface area contributed by atoms with Crippen LogP contribution in [-0.2, 0) is 0 Å². The van der Waals surface area contributed by atoms with Gasteiger partial charge in [-0.3, -0.25) is 0 Å². The molecule has 1 aromatic heterocycles. The van der Waals surface area contributed by atoms with E-state index >= 15 is 0 Å². The van der Waals surface area contributed by atoms with E-state index in [1.165, 1.54) is 5.69 Å². The summed E-state index contributed by atoms with van der Waals surface area (Å²) >= 11 is 0. The normalized spacial score (nSPS) is 10.5. The van der Waals surface area contributed by atoms with E-state index in [-0.39, 0.29) is 0 Å². The Morgan fingerprint density at radius 2 is 1.14 bits per heavy atom. The maximum atomic E-state index is 6.23. The Morgan fingerprint density at radius 3 is 1.61 bits per heavy atom. The lowest BCUT2D eigenvalue weighted by molar-refractivity contribution is -0.402. The van der Waals surface area contributed by atoms with E-state index in [1.807, 2.05) is 62.6 Å². The first-order chi connectivity index (χ1) is 13.7. The minimum atomic E-state index is 0.828. The Kier molecular flexibility index (Phi) is 5.07. The smallest absolute Gasteiger partial charge is 0.211 e. The zero-order valence-corrected chi connectivity index (χ0v) is 16.1. The van der Waals surface area contributed by atoms with Gasteiger partial charge in [0.15, 0.2) is 0 Å². The molecule has 0 radical (unpaired) electrons. The molecule has 0 spiro atoms. The van der Waals surface area contributed by atoms with Crippen LogP contribution < -0.4 is 15.2 Å². The van der Waals surface area contributed by atoms with E-state index in [1.54, 1.807) is 0 Å². The third-order valence-electron chi connectivity index (χ3n) is 4.58. The molecule has 3 nitrogen and oxygen atoms in total. The zero-order chi connectivity index (χ0) is 19.3. The van der Waals surface area contributed by atoms with Crippen LogP contribution >= 0.6 is 0 Å². The number of benzene rings is 3. The first-order valence-electron chi connectivity index (χ1n) is 9.32. The van der Waals surface area contributed by atoms with E-state index in [4.69, 9.17) is 4.42 Å². The van der Waals surface area contributed by atoms with Crippen LogP contribution in [0.25, 0.3) is 22.6 Å². The summed E-state index contributed by atoms with van der Waals surface area (Å²) in [6.45, 7) is 0. The van der Waals surface area contributed by atoms with Gasteiger partial charge in [0.05, 0.1) is 12.1 Å². The lowest BCUT2D eigenvalue weighted by Crippen LogP contribution is -2.70. The molecule has 3 aromatic carbocycles. The highest BCUT2D eigenvalue weighted by atomic mass is 16.3. The molecule has 1 heterocycles. The molecule has 0 atom stereocenters. The van der Waals surface area contributed by atoms with Crippen molar-refractivity contribution < 1.29 is 9.41 Å². The van der Waals surface area contributed by atoms with E-state index in [0.717, 1.165) is 33.7 Å². The van der Waals surface area contributed by atoms with Gasteiger partial charge in [-0.1, -0.05) is 60.7 Å². The van der Waals surface area contributed by atoms with Crippen LogP contribution in [0.3, 0.4) is 0 Å². The molecule has 3 heteroatoms. The summed E-state index contributed by atoms with van der Waals surface area (Å²) in [6, 6.07) is 32.8. The average Bonchev–Trinajstić information content (AvgIpc) is 2.75. The molecular formula is C25H23N2O+. The van der Waals surface area contributed by atoms with Crippen LogP contribution in [0.2, 0.25) is 0 Å². The molecule has 4 aromatic rings.